The van der Waals surface area contributed by atoms with Gasteiger partial charge in [0.2, 0.25) is 0 Å². The molecule has 1 aliphatic rings. The lowest BCUT2D eigenvalue weighted by Crippen LogP contribution is -2.22. The number of nitrogens with zero attached hydrogens (tertiary/aromatic N) is 1. The first-order chi connectivity index (χ1) is 7.39. The van der Waals surface area contributed by atoms with Crippen molar-refractivity contribution in [2.24, 2.45) is 0 Å². The molecule has 1 fully saturated rings. The van der Waals surface area contributed by atoms with Crippen LogP contribution in [0.15, 0.2) is 11.1 Å². The van der Waals surface area contributed by atoms with Crippen LogP contribution in [0.3, 0.4) is 0 Å². The molecule has 0 aliphatic heterocycles. The van der Waals surface area contributed by atoms with E-state index in [9.17, 15) is 13.2 Å². The number of sulfone groups is 1. The first-order valence-electron chi connectivity index (χ1n) is 5.18. The van der Waals surface area contributed by atoms with Gasteiger partial charge in [-0.05, 0) is 19.8 Å². The Labute approximate surface area is 96.0 Å². The molecule has 16 heavy (non-hydrogen) atoms. The molecule has 1 saturated carbocycles. The summed E-state index contributed by atoms with van der Waals surface area (Å²) in [6.45, 7) is 1.82. The summed E-state index contributed by atoms with van der Waals surface area (Å²) in [5.74, 6) is -0.761. The largest absolute Gasteiger partial charge is 0.462 e. The molecule has 0 aromatic rings. The third-order valence-electron chi connectivity index (χ3n) is 2.12. The van der Waals surface area contributed by atoms with Gasteiger partial charge in [-0.3, -0.25) is 0 Å². The second kappa shape index (κ2) is 4.86. The minimum absolute atomic E-state index is 0.170. The van der Waals surface area contributed by atoms with E-state index in [0.29, 0.717) is 12.8 Å². The smallest absolute Gasteiger partial charge is 0.351 e. The summed E-state index contributed by atoms with van der Waals surface area (Å²) < 4.78 is 28.7. The van der Waals surface area contributed by atoms with Crippen molar-refractivity contribution in [3.8, 4) is 0 Å². The Kier molecular flexibility index (Phi) is 3.96. The summed E-state index contributed by atoms with van der Waals surface area (Å²) in [5, 5.41) is -0.400. The molecule has 1 aliphatic carbocycles. The van der Waals surface area contributed by atoms with Crippen LogP contribution in [0.25, 0.3) is 0 Å². The van der Waals surface area contributed by atoms with Gasteiger partial charge in [-0.1, -0.05) is 0 Å². The van der Waals surface area contributed by atoms with Crippen LogP contribution in [0.2, 0.25) is 0 Å². The van der Waals surface area contributed by atoms with E-state index in [4.69, 9.17) is 4.74 Å². The van der Waals surface area contributed by atoms with E-state index < -0.39 is 21.1 Å². The highest BCUT2D eigenvalue weighted by Crippen LogP contribution is 2.33. The standard InChI is InChI=1S/C10H17NO4S/c1-4-15-10(12)9(7-11(2)3)16(13,14)8-5-6-8/h7-8H,4-6H2,1-3H3. The molecule has 5 nitrogen and oxygen atoms in total. The van der Waals surface area contributed by atoms with Crippen LogP contribution in [0.1, 0.15) is 19.8 Å². The molecule has 0 amide bonds. The van der Waals surface area contributed by atoms with Crippen molar-refractivity contribution in [3.63, 3.8) is 0 Å². The Balaban J connectivity index is 3.00. The molecule has 0 unspecified atom stereocenters. The highest BCUT2D eigenvalue weighted by molar-refractivity contribution is 7.97. The topological polar surface area (TPSA) is 63.7 Å². The predicted molar refractivity (Wildman–Crippen MR) is 60.3 cm³/mol. The van der Waals surface area contributed by atoms with Crippen LogP contribution in [0, 0.1) is 0 Å². The Morgan fingerprint density at radius 3 is 2.38 bits per heavy atom. The van der Waals surface area contributed by atoms with Crippen LogP contribution in [0.4, 0.5) is 0 Å². The first kappa shape index (κ1) is 13.0. The molecule has 0 spiro atoms. The fraction of sp³-hybridized carbons (Fsp3) is 0.700. The van der Waals surface area contributed by atoms with Gasteiger partial charge in [-0.25, -0.2) is 13.2 Å². The molecule has 0 saturated heterocycles. The Hall–Kier alpha value is -1.04. The van der Waals surface area contributed by atoms with Crippen molar-refractivity contribution in [1.29, 1.82) is 0 Å². The van der Waals surface area contributed by atoms with Gasteiger partial charge in [0.25, 0.3) is 0 Å². The maximum absolute atomic E-state index is 11.9. The fourth-order valence-corrected chi connectivity index (χ4v) is 3.00. The Morgan fingerprint density at radius 2 is 2.00 bits per heavy atom. The first-order valence-corrected chi connectivity index (χ1v) is 6.73. The van der Waals surface area contributed by atoms with Crippen LogP contribution < -0.4 is 0 Å². The van der Waals surface area contributed by atoms with Gasteiger partial charge >= 0.3 is 5.97 Å². The monoisotopic (exact) mass is 247 g/mol. The lowest BCUT2D eigenvalue weighted by molar-refractivity contribution is -0.137. The van der Waals surface area contributed by atoms with Crippen molar-refractivity contribution < 1.29 is 17.9 Å². The van der Waals surface area contributed by atoms with E-state index >= 15 is 0 Å². The van der Waals surface area contributed by atoms with Crippen LogP contribution in [-0.4, -0.2) is 45.2 Å². The Morgan fingerprint density at radius 1 is 1.44 bits per heavy atom. The van der Waals surface area contributed by atoms with Gasteiger partial charge in [0, 0.05) is 20.3 Å². The minimum atomic E-state index is -3.50. The number of hydrogen-bond donors (Lipinski definition) is 0. The fourth-order valence-electron chi connectivity index (χ4n) is 1.24. The molecule has 6 heteroatoms. The molecule has 92 valence electrons. The predicted octanol–water partition coefficient (Wildman–Crippen LogP) is 0.530. The number of esters is 1. The van der Waals surface area contributed by atoms with E-state index in [2.05, 4.69) is 0 Å². The van der Waals surface area contributed by atoms with E-state index in [1.807, 2.05) is 0 Å². The van der Waals surface area contributed by atoms with Crippen molar-refractivity contribution in [3.05, 3.63) is 11.1 Å². The van der Waals surface area contributed by atoms with Crippen LogP contribution in [-0.2, 0) is 19.4 Å². The summed E-state index contributed by atoms with van der Waals surface area (Å²) in [6.07, 6.45) is 2.57. The number of carbonyl (C=O) groups is 1. The van der Waals surface area contributed by atoms with Crippen molar-refractivity contribution in [2.75, 3.05) is 20.7 Å². The molecule has 1 rings (SSSR count). The molecule has 0 bridgehead atoms. The number of ether oxygens (including phenoxy) is 1. The normalized spacial score (nSPS) is 17.1. The lowest BCUT2D eigenvalue weighted by atomic mass is 10.6. The molecule has 0 N–H and O–H groups in total. The molecular weight excluding hydrogens is 230 g/mol. The van der Waals surface area contributed by atoms with Gasteiger partial charge in [-0.15, -0.1) is 0 Å². The third kappa shape index (κ3) is 2.98. The molecular formula is C10H17NO4S. The van der Waals surface area contributed by atoms with Crippen molar-refractivity contribution >= 4 is 15.8 Å². The van der Waals surface area contributed by atoms with Crippen molar-refractivity contribution in [1.82, 2.24) is 4.90 Å². The summed E-state index contributed by atoms with van der Waals surface area (Å²) in [7, 11) is -0.163. The number of hydrogen-bond acceptors (Lipinski definition) is 5. The second-order valence-electron chi connectivity index (χ2n) is 3.92. The highest BCUT2D eigenvalue weighted by Gasteiger charge is 2.41. The maximum atomic E-state index is 11.9. The van der Waals surface area contributed by atoms with Gasteiger partial charge in [-0.2, -0.15) is 0 Å². The van der Waals surface area contributed by atoms with E-state index in [1.54, 1.807) is 21.0 Å². The second-order valence-corrected chi connectivity index (χ2v) is 6.12. The SMILES string of the molecule is CCOC(=O)C(=CN(C)C)S(=O)(=O)C1CC1. The molecule has 0 radical (unpaired) electrons. The quantitative estimate of drug-likeness (QED) is 0.524. The molecule has 0 atom stereocenters. The Bertz CT molecular complexity index is 393. The van der Waals surface area contributed by atoms with E-state index in [-0.39, 0.29) is 11.5 Å². The zero-order chi connectivity index (χ0) is 12.3. The number of carbonyl (C=O) groups excluding carboxylic acids is 1. The molecule has 0 heterocycles. The van der Waals surface area contributed by atoms with Gasteiger partial charge in [0.05, 0.1) is 11.9 Å². The van der Waals surface area contributed by atoms with E-state index in [0.717, 1.165) is 0 Å². The molecule has 0 aromatic carbocycles. The van der Waals surface area contributed by atoms with E-state index in [1.165, 1.54) is 11.1 Å². The average Bonchev–Trinajstić information content (AvgIpc) is 2.96. The maximum Gasteiger partial charge on any atom is 0.351 e. The minimum Gasteiger partial charge on any atom is -0.462 e. The van der Waals surface area contributed by atoms with Gasteiger partial charge < -0.3 is 9.64 Å². The van der Waals surface area contributed by atoms with Crippen LogP contribution in [0.5, 0.6) is 0 Å². The molecule has 0 aromatic heterocycles. The summed E-state index contributed by atoms with van der Waals surface area (Å²) in [5.41, 5.74) is 0. The zero-order valence-corrected chi connectivity index (χ0v) is 10.6. The summed E-state index contributed by atoms with van der Waals surface area (Å²) in [6, 6.07) is 0. The van der Waals surface area contributed by atoms with Gasteiger partial charge in [0.1, 0.15) is 0 Å². The summed E-state index contributed by atoms with van der Waals surface area (Å²) >= 11 is 0. The lowest BCUT2D eigenvalue weighted by Gasteiger charge is -2.11. The average molecular weight is 247 g/mol. The van der Waals surface area contributed by atoms with Gasteiger partial charge in [0.15, 0.2) is 14.7 Å². The van der Waals surface area contributed by atoms with Crippen LogP contribution >= 0.6 is 0 Å². The highest BCUT2D eigenvalue weighted by atomic mass is 32.2. The number of rotatable bonds is 5. The third-order valence-corrected chi connectivity index (χ3v) is 4.36. The summed E-state index contributed by atoms with van der Waals surface area (Å²) in [4.78, 5) is 12.9. The van der Waals surface area contributed by atoms with Crippen molar-refractivity contribution in [2.45, 2.75) is 25.0 Å². The zero-order valence-electron chi connectivity index (χ0n) is 9.76.